The molecule has 0 aliphatic heterocycles. The Hall–Kier alpha value is -1.68. The molecule has 1 aromatic carbocycles. The van der Waals surface area contributed by atoms with E-state index in [9.17, 15) is 4.79 Å². The molecule has 4 nitrogen and oxygen atoms in total. The van der Waals surface area contributed by atoms with Gasteiger partial charge in [0, 0.05) is 5.56 Å². The van der Waals surface area contributed by atoms with Crippen LogP contribution in [-0.2, 0) is 0 Å². The summed E-state index contributed by atoms with van der Waals surface area (Å²) < 4.78 is 0. The average molecular weight is 203 g/mol. The highest BCUT2D eigenvalue weighted by Crippen LogP contribution is 2.11. The molecule has 0 aliphatic carbocycles. The lowest BCUT2D eigenvalue weighted by atomic mass is 10.1. The van der Waals surface area contributed by atoms with Crippen molar-refractivity contribution in [2.45, 2.75) is 6.92 Å². The molecule has 0 atom stereocenters. The summed E-state index contributed by atoms with van der Waals surface area (Å²) in [6, 6.07) is 5.50. The fraction of sp³-hybridized carbons (Fsp3) is 0.273. The van der Waals surface area contributed by atoms with Crippen LogP contribution < -0.4 is 5.32 Å². The largest absolute Gasteiger partial charge is 0.345 e. The van der Waals surface area contributed by atoms with E-state index in [-0.39, 0.29) is 5.78 Å². The number of benzene rings is 1. The molecule has 78 valence electrons. The normalized spacial score (nSPS) is 10.7. The van der Waals surface area contributed by atoms with Gasteiger partial charge in [-0.1, -0.05) is 6.92 Å². The lowest BCUT2D eigenvalue weighted by Crippen LogP contribution is -2.22. The summed E-state index contributed by atoms with van der Waals surface area (Å²) in [7, 11) is 0. The second-order valence-electron chi connectivity index (χ2n) is 3.34. The van der Waals surface area contributed by atoms with Gasteiger partial charge in [-0.25, -0.2) is 4.98 Å². The summed E-state index contributed by atoms with van der Waals surface area (Å²) in [5.41, 5.74) is 2.50. The molecule has 1 heterocycles. The summed E-state index contributed by atoms with van der Waals surface area (Å²) >= 11 is 0. The van der Waals surface area contributed by atoms with E-state index in [1.54, 1.807) is 6.33 Å². The van der Waals surface area contributed by atoms with Crippen LogP contribution in [-0.4, -0.2) is 28.8 Å². The molecule has 15 heavy (non-hydrogen) atoms. The van der Waals surface area contributed by atoms with Gasteiger partial charge in [0.25, 0.3) is 0 Å². The lowest BCUT2D eigenvalue weighted by molar-refractivity contribution is 0.0992. The monoisotopic (exact) mass is 203 g/mol. The smallest absolute Gasteiger partial charge is 0.176 e. The molecule has 0 aliphatic rings. The third-order valence-electron chi connectivity index (χ3n) is 2.28. The summed E-state index contributed by atoms with van der Waals surface area (Å²) in [4.78, 5) is 18.8. The van der Waals surface area contributed by atoms with Crippen molar-refractivity contribution < 1.29 is 4.79 Å². The first-order valence-corrected chi connectivity index (χ1v) is 4.98. The van der Waals surface area contributed by atoms with Gasteiger partial charge in [0.2, 0.25) is 0 Å². The molecule has 4 heteroatoms. The molecule has 0 saturated carbocycles. The van der Waals surface area contributed by atoms with Gasteiger partial charge < -0.3 is 10.3 Å². The number of nitrogens with one attached hydrogen (secondary N) is 2. The number of fused-ring (bicyclic) bond motifs is 1. The lowest BCUT2D eigenvalue weighted by Gasteiger charge is -2.01. The third-order valence-corrected chi connectivity index (χ3v) is 2.28. The molecular weight excluding hydrogens is 190 g/mol. The SMILES string of the molecule is CCNCC(=O)c1ccc2nc[nH]c2c1. The molecule has 2 rings (SSSR count). The maximum atomic E-state index is 11.7. The van der Waals surface area contributed by atoms with E-state index < -0.39 is 0 Å². The molecule has 0 saturated heterocycles. The summed E-state index contributed by atoms with van der Waals surface area (Å²) in [6.45, 7) is 3.17. The van der Waals surface area contributed by atoms with E-state index in [4.69, 9.17) is 0 Å². The minimum absolute atomic E-state index is 0.105. The number of carbonyl (C=O) groups excluding carboxylic acids is 1. The molecule has 0 fully saturated rings. The number of carbonyl (C=O) groups is 1. The molecule has 0 unspecified atom stereocenters. The van der Waals surface area contributed by atoms with Crippen LogP contribution in [0.2, 0.25) is 0 Å². The number of nitrogens with zero attached hydrogens (tertiary/aromatic N) is 1. The van der Waals surface area contributed by atoms with Crippen LogP contribution in [0.5, 0.6) is 0 Å². The molecule has 2 N–H and O–H groups in total. The Balaban J connectivity index is 2.23. The van der Waals surface area contributed by atoms with E-state index in [2.05, 4.69) is 15.3 Å². The highest BCUT2D eigenvalue weighted by atomic mass is 16.1. The Bertz CT molecular complexity index is 475. The number of aromatic amines is 1. The number of ketones is 1. The number of imidazole rings is 1. The average Bonchev–Trinajstić information content (AvgIpc) is 2.72. The number of rotatable bonds is 4. The van der Waals surface area contributed by atoms with Crippen LogP contribution in [0.3, 0.4) is 0 Å². The maximum Gasteiger partial charge on any atom is 0.176 e. The number of hydrogen-bond acceptors (Lipinski definition) is 3. The predicted molar refractivity (Wildman–Crippen MR) is 59.0 cm³/mol. The van der Waals surface area contributed by atoms with Crippen molar-refractivity contribution in [2.24, 2.45) is 0 Å². The fourth-order valence-corrected chi connectivity index (χ4v) is 1.45. The standard InChI is InChI=1S/C11H13N3O/c1-2-12-6-11(15)8-3-4-9-10(5-8)14-7-13-9/h3-5,7,12H,2,6H2,1H3,(H,13,14). The summed E-state index contributed by atoms with van der Waals surface area (Å²) in [5.74, 6) is 0.105. The highest BCUT2D eigenvalue weighted by Gasteiger charge is 2.06. The van der Waals surface area contributed by atoms with Crippen molar-refractivity contribution in [3.8, 4) is 0 Å². The Morgan fingerprint density at radius 1 is 1.53 bits per heavy atom. The second-order valence-corrected chi connectivity index (χ2v) is 3.34. The van der Waals surface area contributed by atoms with Crippen molar-refractivity contribution in [3.63, 3.8) is 0 Å². The zero-order chi connectivity index (χ0) is 10.7. The number of likely N-dealkylation sites (N-methyl/N-ethyl adjacent to an activating group) is 1. The number of H-pyrrole nitrogens is 1. The van der Waals surface area contributed by atoms with E-state index in [1.807, 2.05) is 25.1 Å². The van der Waals surface area contributed by atoms with E-state index in [0.717, 1.165) is 17.6 Å². The Morgan fingerprint density at radius 2 is 2.40 bits per heavy atom. The van der Waals surface area contributed by atoms with Crippen LogP contribution in [0.1, 0.15) is 17.3 Å². The first-order chi connectivity index (χ1) is 7.31. The molecule has 2 aromatic rings. The molecule has 0 spiro atoms. The summed E-state index contributed by atoms with van der Waals surface area (Å²) in [5, 5.41) is 3.01. The highest BCUT2D eigenvalue weighted by molar-refractivity contribution is 6.00. The Morgan fingerprint density at radius 3 is 3.20 bits per heavy atom. The van der Waals surface area contributed by atoms with E-state index in [1.165, 1.54) is 0 Å². The van der Waals surface area contributed by atoms with Gasteiger partial charge in [0.05, 0.1) is 23.9 Å². The number of Topliss-reactive ketones (excluding diaryl/α,β-unsaturated/α-hetero) is 1. The number of hydrogen-bond donors (Lipinski definition) is 2. The zero-order valence-corrected chi connectivity index (χ0v) is 8.58. The Kier molecular flexibility index (Phi) is 2.78. The first-order valence-electron chi connectivity index (χ1n) is 4.98. The van der Waals surface area contributed by atoms with Gasteiger partial charge in [-0.3, -0.25) is 4.79 Å². The van der Waals surface area contributed by atoms with Crippen LogP contribution in [0, 0.1) is 0 Å². The molecule has 0 radical (unpaired) electrons. The zero-order valence-electron chi connectivity index (χ0n) is 8.58. The second kappa shape index (κ2) is 4.23. The first kappa shape index (κ1) is 9.86. The molecular formula is C11H13N3O. The quantitative estimate of drug-likeness (QED) is 0.737. The van der Waals surface area contributed by atoms with E-state index >= 15 is 0 Å². The van der Waals surface area contributed by atoms with Crippen LogP contribution in [0.25, 0.3) is 11.0 Å². The van der Waals surface area contributed by atoms with Gasteiger partial charge in [0.15, 0.2) is 5.78 Å². The van der Waals surface area contributed by atoms with Gasteiger partial charge in [-0.05, 0) is 24.7 Å². The van der Waals surface area contributed by atoms with Crippen molar-refractivity contribution in [1.82, 2.24) is 15.3 Å². The van der Waals surface area contributed by atoms with Crippen LogP contribution in [0.4, 0.5) is 0 Å². The molecule has 0 bridgehead atoms. The molecule has 0 amide bonds. The van der Waals surface area contributed by atoms with Crippen molar-refractivity contribution in [2.75, 3.05) is 13.1 Å². The van der Waals surface area contributed by atoms with Crippen molar-refractivity contribution in [3.05, 3.63) is 30.1 Å². The predicted octanol–water partition coefficient (Wildman–Crippen LogP) is 1.36. The maximum absolute atomic E-state index is 11.7. The summed E-state index contributed by atoms with van der Waals surface area (Å²) in [6.07, 6.45) is 1.63. The minimum Gasteiger partial charge on any atom is -0.345 e. The van der Waals surface area contributed by atoms with Gasteiger partial charge >= 0.3 is 0 Å². The topological polar surface area (TPSA) is 57.8 Å². The fourth-order valence-electron chi connectivity index (χ4n) is 1.45. The van der Waals surface area contributed by atoms with Crippen LogP contribution >= 0.6 is 0 Å². The van der Waals surface area contributed by atoms with E-state index in [0.29, 0.717) is 12.1 Å². The van der Waals surface area contributed by atoms with Crippen molar-refractivity contribution in [1.29, 1.82) is 0 Å². The van der Waals surface area contributed by atoms with Gasteiger partial charge in [-0.2, -0.15) is 0 Å². The minimum atomic E-state index is 0.105. The third kappa shape index (κ3) is 2.05. The van der Waals surface area contributed by atoms with Crippen LogP contribution in [0.15, 0.2) is 24.5 Å². The van der Waals surface area contributed by atoms with Crippen molar-refractivity contribution >= 4 is 16.8 Å². The number of aromatic nitrogens is 2. The Labute approximate surface area is 87.7 Å². The molecule has 1 aromatic heterocycles. The van der Waals surface area contributed by atoms with Gasteiger partial charge in [0.1, 0.15) is 0 Å². The van der Waals surface area contributed by atoms with Gasteiger partial charge in [-0.15, -0.1) is 0 Å².